The molecule has 0 spiro atoms. The van der Waals surface area contributed by atoms with Gasteiger partial charge in [-0.05, 0) is 12.1 Å². The Labute approximate surface area is 82.8 Å². The number of primary amides is 1. The van der Waals surface area contributed by atoms with Crippen LogP contribution in [0.25, 0.3) is 0 Å². The lowest BCUT2D eigenvalue weighted by atomic mass is 10.1. The van der Waals surface area contributed by atoms with Crippen molar-refractivity contribution in [1.29, 1.82) is 0 Å². The minimum atomic E-state index is -0.771. The van der Waals surface area contributed by atoms with Crippen LogP contribution in [-0.4, -0.2) is 12.6 Å². The van der Waals surface area contributed by atoms with E-state index in [1.807, 2.05) is 30.3 Å². The van der Waals surface area contributed by atoms with Crippen molar-refractivity contribution in [3.63, 3.8) is 0 Å². The molecule has 0 radical (unpaired) electrons. The number of carbonyl (C=O) groups excluding carboxylic acids is 1. The third-order valence-electron chi connectivity index (χ3n) is 1.86. The van der Waals surface area contributed by atoms with Gasteiger partial charge in [-0.1, -0.05) is 30.3 Å². The van der Waals surface area contributed by atoms with Crippen molar-refractivity contribution in [2.75, 3.05) is 6.54 Å². The normalized spacial score (nSPS) is 12.1. The summed E-state index contributed by atoms with van der Waals surface area (Å²) in [5.74, 6) is 0. The van der Waals surface area contributed by atoms with Crippen molar-refractivity contribution < 1.29 is 9.53 Å². The Morgan fingerprint density at radius 2 is 2.00 bits per heavy atom. The Balaban J connectivity index is 2.72. The van der Waals surface area contributed by atoms with Gasteiger partial charge in [0.2, 0.25) is 0 Å². The van der Waals surface area contributed by atoms with Crippen molar-refractivity contribution >= 4 is 6.09 Å². The van der Waals surface area contributed by atoms with Gasteiger partial charge in [-0.15, -0.1) is 0 Å². The number of amides is 1. The number of carbonyl (C=O) groups is 1. The highest BCUT2D eigenvalue weighted by molar-refractivity contribution is 5.65. The van der Waals surface area contributed by atoms with Gasteiger partial charge in [0.25, 0.3) is 0 Å². The van der Waals surface area contributed by atoms with E-state index in [9.17, 15) is 4.79 Å². The first-order chi connectivity index (χ1) is 6.74. The molecule has 0 fully saturated rings. The van der Waals surface area contributed by atoms with E-state index < -0.39 is 6.09 Å². The molecule has 0 saturated carbocycles. The van der Waals surface area contributed by atoms with Gasteiger partial charge in [-0.25, -0.2) is 4.79 Å². The SMILES string of the molecule is NCCC(OC(N)=O)c1ccccc1. The Morgan fingerprint density at radius 3 is 2.50 bits per heavy atom. The van der Waals surface area contributed by atoms with Gasteiger partial charge in [0, 0.05) is 6.42 Å². The van der Waals surface area contributed by atoms with Crippen LogP contribution in [0.5, 0.6) is 0 Å². The second kappa shape index (κ2) is 5.24. The summed E-state index contributed by atoms with van der Waals surface area (Å²) in [6, 6.07) is 9.41. The first-order valence-corrected chi connectivity index (χ1v) is 4.45. The van der Waals surface area contributed by atoms with Gasteiger partial charge >= 0.3 is 6.09 Å². The molecule has 4 heteroatoms. The summed E-state index contributed by atoms with van der Waals surface area (Å²) in [6.07, 6.45) is -0.529. The molecule has 1 amide bonds. The molecule has 1 aromatic rings. The Hall–Kier alpha value is -1.55. The molecular formula is C10H14N2O2. The van der Waals surface area contributed by atoms with Crippen LogP contribution in [0.15, 0.2) is 30.3 Å². The molecule has 76 valence electrons. The van der Waals surface area contributed by atoms with Crippen LogP contribution in [0.4, 0.5) is 4.79 Å². The third kappa shape index (κ3) is 3.06. The maximum Gasteiger partial charge on any atom is 0.405 e. The standard InChI is InChI=1S/C10H14N2O2/c11-7-6-9(14-10(12)13)8-4-2-1-3-5-8/h1-5,9H,6-7,11H2,(H2,12,13). The first kappa shape index (κ1) is 10.5. The highest BCUT2D eigenvalue weighted by Crippen LogP contribution is 2.19. The summed E-state index contributed by atoms with van der Waals surface area (Å²) in [6.45, 7) is 0.451. The maximum atomic E-state index is 10.6. The van der Waals surface area contributed by atoms with Crippen LogP contribution in [0.2, 0.25) is 0 Å². The summed E-state index contributed by atoms with van der Waals surface area (Å²) in [5.41, 5.74) is 11.3. The summed E-state index contributed by atoms with van der Waals surface area (Å²) < 4.78 is 4.94. The van der Waals surface area contributed by atoms with Crippen LogP contribution in [0.3, 0.4) is 0 Å². The molecule has 0 bridgehead atoms. The fourth-order valence-electron chi connectivity index (χ4n) is 1.25. The lowest BCUT2D eigenvalue weighted by Gasteiger charge is -2.15. The molecule has 0 aliphatic rings. The van der Waals surface area contributed by atoms with E-state index in [-0.39, 0.29) is 6.10 Å². The van der Waals surface area contributed by atoms with Gasteiger partial charge < -0.3 is 16.2 Å². The molecule has 1 aromatic carbocycles. The van der Waals surface area contributed by atoms with Gasteiger partial charge in [0.15, 0.2) is 0 Å². The van der Waals surface area contributed by atoms with Crippen molar-refractivity contribution in [2.45, 2.75) is 12.5 Å². The lowest BCUT2D eigenvalue weighted by molar-refractivity contribution is 0.103. The van der Waals surface area contributed by atoms with Crippen molar-refractivity contribution in [3.8, 4) is 0 Å². The molecule has 4 N–H and O–H groups in total. The second-order valence-corrected chi connectivity index (χ2v) is 2.91. The molecule has 0 saturated heterocycles. The Kier molecular flexibility index (Phi) is 3.94. The summed E-state index contributed by atoms with van der Waals surface area (Å²) in [4.78, 5) is 10.6. The molecule has 1 unspecified atom stereocenters. The third-order valence-corrected chi connectivity index (χ3v) is 1.86. The smallest absolute Gasteiger partial charge is 0.405 e. The van der Waals surface area contributed by atoms with Crippen LogP contribution in [-0.2, 0) is 4.74 Å². The highest BCUT2D eigenvalue weighted by Gasteiger charge is 2.13. The minimum Gasteiger partial charge on any atom is -0.441 e. The van der Waals surface area contributed by atoms with E-state index in [0.29, 0.717) is 13.0 Å². The summed E-state index contributed by atoms with van der Waals surface area (Å²) in [7, 11) is 0. The number of benzene rings is 1. The van der Waals surface area contributed by atoms with E-state index in [1.165, 1.54) is 0 Å². The fraction of sp³-hybridized carbons (Fsp3) is 0.300. The number of rotatable bonds is 4. The monoisotopic (exact) mass is 194 g/mol. The van der Waals surface area contributed by atoms with E-state index in [2.05, 4.69) is 0 Å². The Bertz CT molecular complexity index is 287. The summed E-state index contributed by atoms with van der Waals surface area (Å²) >= 11 is 0. The quantitative estimate of drug-likeness (QED) is 0.755. The first-order valence-electron chi connectivity index (χ1n) is 4.45. The average molecular weight is 194 g/mol. The molecule has 1 rings (SSSR count). The number of hydrogen-bond acceptors (Lipinski definition) is 3. The van der Waals surface area contributed by atoms with E-state index >= 15 is 0 Å². The van der Waals surface area contributed by atoms with E-state index in [1.54, 1.807) is 0 Å². The van der Waals surface area contributed by atoms with Gasteiger partial charge in [-0.3, -0.25) is 0 Å². The van der Waals surface area contributed by atoms with Crippen molar-refractivity contribution in [3.05, 3.63) is 35.9 Å². The number of hydrogen-bond donors (Lipinski definition) is 2. The highest BCUT2D eigenvalue weighted by atomic mass is 16.6. The molecule has 0 heterocycles. The fourth-order valence-corrected chi connectivity index (χ4v) is 1.25. The predicted molar refractivity (Wildman–Crippen MR) is 53.5 cm³/mol. The molecular weight excluding hydrogens is 180 g/mol. The molecule has 1 atom stereocenters. The van der Waals surface area contributed by atoms with Crippen LogP contribution < -0.4 is 11.5 Å². The zero-order valence-corrected chi connectivity index (χ0v) is 7.85. The van der Waals surface area contributed by atoms with Gasteiger partial charge in [0.05, 0.1) is 0 Å². The topological polar surface area (TPSA) is 78.3 Å². The minimum absolute atomic E-state index is 0.335. The average Bonchev–Trinajstić information content (AvgIpc) is 2.18. The van der Waals surface area contributed by atoms with Crippen molar-refractivity contribution in [1.82, 2.24) is 0 Å². The molecule has 0 aliphatic heterocycles. The zero-order chi connectivity index (χ0) is 10.4. The van der Waals surface area contributed by atoms with Gasteiger partial charge in [-0.2, -0.15) is 0 Å². The largest absolute Gasteiger partial charge is 0.441 e. The molecule has 0 aliphatic carbocycles. The second-order valence-electron chi connectivity index (χ2n) is 2.91. The number of ether oxygens (including phenoxy) is 1. The van der Waals surface area contributed by atoms with Crippen LogP contribution in [0.1, 0.15) is 18.1 Å². The van der Waals surface area contributed by atoms with E-state index in [4.69, 9.17) is 16.2 Å². The van der Waals surface area contributed by atoms with Crippen LogP contribution in [0, 0.1) is 0 Å². The number of nitrogens with two attached hydrogens (primary N) is 2. The van der Waals surface area contributed by atoms with Crippen LogP contribution >= 0.6 is 0 Å². The zero-order valence-electron chi connectivity index (χ0n) is 7.85. The predicted octanol–water partition coefficient (Wildman–Crippen LogP) is 1.17. The summed E-state index contributed by atoms with van der Waals surface area (Å²) in [5, 5.41) is 0. The van der Waals surface area contributed by atoms with Crippen molar-refractivity contribution in [2.24, 2.45) is 11.5 Å². The van der Waals surface area contributed by atoms with Gasteiger partial charge in [0.1, 0.15) is 6.10 Å². The Morgan fingerprint density at radius 1 is 1.36 bits per heavy atom. The maximum absolute atomic E-state index is 10.6. The molecule has 14 heavy (non-hydrogen) atoms. The molecule has 0 aromatic heterocycles. The van der Waals surface area contributed by atoms with E-state index in [0.717, 1.165) is 5.56 Å². The molecule has 4 nitrogen and oxygen atoms in total. The lowest BCUT2D eigenvalue weighted by Crippen LogP contribution is -2.19.